The van der Waals surface area contributed by atoms with Gasteiger partial charge in [0, 0.05) is 26.1 Å². The molecule has 1 fully saturated rings. The summed E-state index contributed by atoms with van der Waals surface area (Å²) in [5.74, 6) is -0.156. The second kappa shape index (κ2) is 6.23. The average Bonchev–Trinajstić information content (AvgIpc) is 3.09. The van der Waals surface area contributed by atoms with Gasteiger partial charge in [0.15, 0.2) is 0 Å². The van der Waals surface area contributed by atoms with Crippen LogP contribution in [0.25, 0.3) is 0 Å². The first-order valence-electron chi connectivity index (χ1n) is 6.55. The van der Waals surface area contributed by atoms with E-state index in [1.165, 1.54) is 12.2 Å². The van der Waals surface area contributed by atoms with Crippen molar-refractivity contribution in [3.8, 4) is 0 Å². The van der Waals surface area contributed by atoms with E-state index in [0.717, 1.165) is 12.8 Å². The van der Waals surface area contributed by atoms with Crippen molar-refractivity contribution < 1.29 is 19.2 Å². The highest BCUT2D eigenvalue weighted by atomic mass is 16.7. The fourth-order valence-electron chi connectivity index (χ4n) is 1.61. The molecule has 0 atom stereocenters. The predicted octanol–water partition coefficient (Wildman–Crippen LogP) is 1.80. The van der Waals surface area contributed by atoms with Crippen LogP contribution in [0, 0.1) is 0 Å². The first-order chi connectivity index (χ1) is 8.74. The van der Waals surface area contributed by atoms with Crippen LogP contribution in [-0.4, -0.2) is 54.3 Å². The normalized spacial score (nSPS) is 15.0. The Kier molecular flexibility index (Phi) is 5.17. The van der Waals surface area contributed by atoms with Crippen LogP contribution in [-0.2, 0) is 14.4 Å². The van der Waals surface area contributed by atoms with E-state index in [2.05, 4.69) is 0 Å². The zero-order valence-corrected chi connectivity index (χ0v) is 12.4. The maximum Gasteiger partial charge on any atom is 0.410 e. The van der Waals surface area contributed by atoms with Crippen molar-refractivity contribution in [2.75, 3.05) is 20.7 Å². The van der Waals surface area contributed by atoms with E-state index in [-0.39, 0.29) is 24.5 Å². The van der Waals surface area contributed by atoms with Gasteiger partial charge in [-0.15, -0.1) is 0 Å². The zero-order valence-electron chi connectivity index (χ0n) is 12.4. The van der Waals surface area contributed by atoms with Gasteiger partial charge in [-0.25, -0.2) is 9.86 Å². The molecule has 0 heterocycles. The summed E-state index contributed by atoms with van der Waals surface area (Å²) < 4.78 is 5.35. The van der Waals surface area contributed by atoms with Gasteiger partial charge in [0.2, 0.25) is 5.91 Å². The van der Waals surface area contributed by atoms with E-state index in [1.807, 2.05) is 20.8 Å². The van der Waals surface area contributed by atoms with Gasteiger partial charge >= 0.3 is 6.09 Å². The summed E-state index contributed by atoms with van der Waals surface area (Å²) in [4.78, 5) is 30.1. The van der Waals surface area contributed by atoms with Crippen LogP contribution in [0.2, 0.25) is 0 Å². The minimum atomic E-state index is -0.516. The standard InChI is InChI=1S/C13H24N2O4/c1-13(2,3)19-12(17)15(10-6-7-10)9-8-11(16)14(4)18-5/h10H,6-9H2,1-5H3. The maximum atomic E-state index is 12.0. The van der Waals surface area contributed by atoms with Crippen LogP contribution in [0.15, 0.2) is 0 Å². The van der Waals surface area contributed by atoms with Crippen LogP contribution in [0.3, 0.4) is 0 Å². The average molecular weight is 272 g/mol. The number of carbonyl (C=O) groups is 2. The van der Waals surface area contributed by atoms with Crippen LogP contribution in [0.1, 0.15) is 40.0 Å². The maximum absolute atomic E-state index is 12.0. The lowest BCUT2D eigenvalue weighted by Gasteiger charge is -2.27. The number of ether oxygens (including phenoxy) is 1. The highest BCUT2D eigenvalue weighted by molar-refractivity contribution is 5.76. The minimum absolute atomic E-state index is 0.156. The molecule has 0 spiro atoms. The lowest BCUT2D eigenvalue weighted by Crippen LogP contribution is -2.40. The molecule has 6 nitrogen and oxygen atoms in total. The molecule has 0 aromatic rings. The zero-order chi connectivity index (χ0) is 14.6. The van der Waals surface area contributed by atoms with Gasteiger partial charge in [0.1, 0.15) is 5.60 Å². The molecule has 1 aliphatic carbocycles. The molecule has 110 valence electrons. The Morgan fingerprint density at radius 1 is 1.26 bits per heavy atom. The highest BCUT2D eigenvalue weighted by Crippen LogP contribution is 2.28. The summed E-state index contributed by atoms with van der Waals surface area (Å²) in [5, 5.41) is 1.17. The topological polar surface area (TPSA) is 59.1 Å². The van der Waals surface area contributed by atoms with Crippen LogP contribution in [0.5, 0.6) is 0 Å². The molecule has 0 radical (unpaired) electrons. The summed E-state index contributed by atoms with van der Waals surface area (Å²) in [6, 6.07) is 0.218. The van der Waals surface area contributed by atoms with Crippen LogP contribution >= 0.6 is 0 Å². The molecule has 0 unspecified atom stereocenters. The van der Waals surface area contributed by atoms with Crippen molar-refractivity contribution in [1.82, 2.24) is 9.96 Å². The van der Waals surface area contributed by atoms with Crippen molar-refractivity contribution in [2.24, 2.45) is 0 Å². The smallest absolute Gasteiger partial charge is 0.410 e. The molecule has 0 N–H and O–H groups in total. The molecular formula is C13H24N2O4. The summed E-state index contributed by atoms with van der Waals surface area (Å²) >= 11 is 0. The van der Waals surface area contributed by atoms with Gasteiger partial charge in [-0.05, 0) is 33.6 Å². The highest BCUT2D eigenvalue weighted by Gasteiger charge is 2.35. The fourth-order valence-corrected chi connectivity index (χ4v) is 1.61. The summed E-state index contributed by atoms with van der Waals surface area (Å²) in [7, 11) is 2.99. The molecule has 19 heavy (non-hydrogen) atoms. The number of hydroxylamine groups is 2. The SMILES string of the molecule is CON(C)C(=O)CCN(C(=O)OC(C)(C)C)C1CC1. The molecular weight excluding hydrogens is 248 g/mol. The van der Waals surface area contributed by atoms with Crippen molar-refractivity contribution in [3.05, 3.63) is 0 Å². The van der Waals surface area contributed by atoms with E-state index < -0.39 is 5.60 Å². The monoisotopic (exact) mass is 272 g/mol. The van der Waals surface area contributed by atoms with E-state index in [9.17, 15) is 9.59 Å². The number of hydrogen-bond donors (Lipinski definition) is 0. The second-order valence-corrected chi connectivity index (χ2v) is 5.73. The summed E-state index contributed by atoms with van der Waals surface area (Å²) in [6.07, 6.45) is 1.85. The fraction of sp³-hybridized carbons (Fsp3) is 0.846. The molecule has 0 aliphatic heterocycles. The molecule has 1 saturated carbocycles. The minimum Gasteiger partial charge on any atom is -0.444 e. The molecule has 6 heteroatoms. The van der Waals surface area contributed by atoms with Crippen molar-refractivity contribution in [3.63, 3.8) is 0 Å². The van der Waals surface area contributed by atoms with Crippen molar-refractivity contribution in [2.45, 2.75) is 51.7 Å². The Labute approximate surface area is 114 Å². The third-order valence-corrected chi connectivity index (χ3v) is 2.81. The van der Waals surface area contributed by atoms with Gasteiger partial charge in [-0.1, -0.05) is 0 Å². The lowest BCUT2D eigenvalue weighted by molar-refractivity contribution is -0.168. The van der Waals surface area contributed by atoms with Gasteiger partial charge in [0.25, 0.3) is 0 Å². The predicted molar refractivity (Wildman–Crippen MR) is 70.4 cm³/mol. The second-order valence-electron chi connectivity index (χ2n) is 5.73. The number of hydrogen-bond acceptors (Lipinski definition) is 4. The number of amides is 2. The lowest BCUT2D eigenvalue weighted by atomic mass is 10.2. The Bertz CT molecular complexity index is 334. The molecule has 1 rings (SSSR count). The van der Waals surface area contributed by atoms with Gasteiger partial charge in [0.05, 0.1) is 7.11 Å². The van der Waals surface area contributed by atoms with Gasteiger partial charge in [-0.2, -0.15) is 0 Å². The molecule has 0 aromatic carbocycles. The summed E-state index contributed by atoms with van der Waals surface area (Å²) in [6.45, 7) is 5.87. The van der Waals surface area contributed by atoms with Crippen molar-refractivity contribution in [1.29, 1.82) is 0 Å². The number of rotatable bonds is 5. The number of carbonyl (C=O) groups excluding carboxylic acids is 2. The Morgan fingerprint density at radius 3 is 2.26 bits per heavy atom. The quantitative estimate of drug-likeness (QED) is 0.716. The Morgan fingerprint density at radius 2 is 1.84 bits per heavy atom. The largest absolute Gasteiger partial charge is 0.444 e. The first kappa shape index (κ1) is 15.8. The molecule has 2 amide bonds. The Balaban J connectivity index is 2.50. The van der Waals surface area contributed by atoms with Crippen LogP contribution in [0.4, 0.5) is 4.79 Å². The third kappa shape index (κ3) is 5.46. The van der Waals surface area contributed by atoms with E-state index in [1.54, 1.807) is 11.9 Å². The third-order valence-electron chi connectivity index (χ3n) is 2.81. The molecule has 0 saturated heterocycles. The number of nitrogens with zero attached hydrogens (tertiary/aromatic N) is 2. The van der Waals surface area contributed by atoms with Gasteiger partial charge in [-0.3, -0.25) is 9.63 Å². The van der Waals surface area contributed by atoms with E-state index in [4.69, 9.17) is 9.57 Å². The van der Waals surface area contributed by atoms with E-state index >= 15 is 0 Å². The Hall–Kier alpha value is -1.30. The first-order valence-corrected chi connectivity index (χ1v) is 6.55. The molecule has 0 bridgehead atoms. The summed E-state index contributed by atoms with van der Waals surface area (Å²) in [5.41, 5.74) is -0.516. The van der Waals surface area contributed by atoms with Crippen molar-refractivity contribution >= 4 is 12.0 Å². The van der Waals surface area contributed by atoms with Crippen LogP contribution < -0.4 is 0 Å². The van der Waals surface area contributed by atoms with E-state index in [0.29, 0.717) is 6.54 Å². The molecule has 1 aliphatic rings. The van der Waals surface area contributed by atoms with Gasteiger partial charge < -0.3 is 9.64 Å². The molecule has 0 aromatic heterocycles.